The highest BCUT2D eigenvalue weighted by atomic mass is 32.1. The van der Waals surface area contributed by atoms with Gasteiger partial charge in [0.1, 0.15) is 6.04 Å². The highest BCUT2D eigenvalue weighted by Crippen LogP contribution is 2.29. The summed E-state index contributed by atoms with van der Waals surface area (Å²) in [5, 5.41) is 13.4. The van der Waals surface area contributed by atoms with Crippen molar-refractivity contribution in [3.63, 3.8) is 0 Å². The number of Topliss-reactive ketones (excluding diaryl/α,β-unsaturated/α-hetero) is 1. The molecule has 2 N–H and O–H groups in total. The Kier molecular flexibility index (Phi) is 9.76. The number of benzene rings is 2. The smallest absolute Gasteiger partial charge is 0.246 e. The van der Waals surface area contributed by atoms with Crippen LogP contribution in [0.3, 0.4) is 0 Å². The largest absolute Gasteiger partial charge is 0.391 e. The number of carbonyl (C=O) groups excluding carboxylic acids is 3. The van der Waals surface area contributed by atoms with E-state index in [-0.39, 0.29) is 43.4 Å². The number of nitrogens with zero attached hydrogens (tertiary/aromatic N) is 2. The van der Waals surface area contributed by atoms with Crippen molar-refractivity contribution in [3.8, 4) is 10.4 Å². The number of hydrogen-bond donors (Lipinski definition) is 2. The lowest BCUT2D eigenvalue weighted by Crippen LogP contribution is -2.56. The van der Waals surface area contributed by atoms with Gasteiger partial charge in [-0.3, -0.25) is 14.4 Å². The van der Waals surface area contributed by atoms with Crippen molar-refractivity contribution in [1.82, 2.24) is 15.2 Å². The van der Waals surface area contributed by atoms with Gasteiger partial charge in [-0.1, -0.05) is 74.9 Å². The van der Waals surface area contributed by atoms with Crippen LogP contribution in [0.25, 0.3) is 10.4 Å². The van der Waals surface area contributed by atoms with E-state index >= 15 is 0 Å². The molecule has 1 saturated heterocycles. The van der Waals surface area contributed by atoms with Crippen LogP contribution in [0, 0.1) is 19.3 Å². The van der Waals surface area contributed by atoms with E-state index in [1.54, 1.807) is 11.3 Å². The Labute approximate surface area is 247 Å². The van der Waals surface area contributed by atoms with Crippen LogP contribution < -0.4 is 5.32 Å². The van der Waals surface area contributed by atoms with Gasteiger partial charge in [0.05, 0.1) is 28.2 Å². The Bertz CT molecular complexity index is 1380. The molecule has 1 fully saturated rings. The third kappa shape index (κ3) is 7.89. The number of β-amino-alcohol motifs (C(OH)–C–C–N with tert-alkyl or cyclic N) is 1. The molecule has 0 spiro atoms. The zero-order valence-corrected chi connectivity index (χ0v) is 25.5. The number of nitrogens with one attached hydrogen (secondary N) is 1. The number of carbonyl (C=O) groups is 3. The van der Waals surface area contributed by atoms with Gasteiger partial charge in [-0.2, -0.15) is 0 Å². The summed E-state index contributed by atoms with van der Waals surface area (Å²) in [4.78, 5) is 47.0. The number of likely N-dealkylation sites (tertiary alicyclic amines) is 1. The van der Waals surface area contributed by atoms with E-state index in [1.165, 1.54) is 4.90 Å². The molecule has 7 nitrogen and oxygen atoms in total. The fraction of sp³-hybridized carbons (Fsp3) is 0.455. The van der Waals surface area contributed by atoms with Crippen LogP contribution in [-0.2, 0) is 27.2 Å². The fourth-order valence-electron chi connectivity index (χ4n) is 5.37. The van der Waals surface area contributed by atoms with E-state index < -0.39 is 23.6 Å². The first kappa shape index (κ1) is 30.6. The van der Waals surface area contributed by atoms with E-state index in [4.69, 9.17) is 0 Å². The molecule has 1 aliphatic rings. The summed E-state index contributed by atoms with van der Waals surface area (Å²) in [6, 6.07) is 14.7. The minimum absolute atomic E-state index is 0.0734. The summed E-state index contributed by atoms with van der Waals surface area (Å²) >= 11 is 1.60. The summed E-state index contributed by atoms with van der Waals surface area (Å²) < 4.78 is 0. The molecule has 218 valence electrons. The van der Waals surface area contributed by atoms with E-state index in [0.717, 1.165) is 32.8 Å². The normalized spacial score (nSPS) is 17.9. The molecule has 3 atom stereocenters. The molecule has 4 rings (SSSR count). The first-order chi connectivity index (χ1) is 19.4. The zero-order valence-electron chi connectivity index (χ0n) is 24.6. The van der Waals surface area contributed by atoms with Gasteiger partial charge in [0.25, 0.3) is 0 Å². The summed E-state index contributed by atoms with van der Waals surface area (Å²) in [6.45, 7) is 9.79. The van der Waals surface area contributed by atoms with Crippen LogP contribution in [0.1, 0.15) is 62.4 Å². The minimum Gasteiger partial charge on any atom is -0.391 e. The maximum absolute atomic E-state index is 13.8. The van der Waals surface area contributed by atoms with Gasteiger partial charge in [-0.25, -0.2) is 4.98 Å². The molecule has 0 radical (unpaired) electrons. The number of aryl methyl sites for hydroxylation is 4. The molecule has 0 saturated carbocycles. The molecule has 1 aromatic heterocycles. The van der Waals surface area contributed by atoms with Crippen molar-refractivity contribution in [2.75, 3.05) is 6.54 Å². The Morgan fingerprint density at radius 2 is 1.76 bits per heavy atom. The van der Waals surface area contributed by atoms with E-state index in [0.29, 0.717) is 12.8 Å². The van der Waals surface area contributed by atoms with Crippen LogP contribution in [0.5, 0.6) is 0 Å². The Morgan fingerprint density at radius 1 is 1.05 bits per heavy atom. The van der Waals surface area contributed by atoms with Crippen molar-refractivity contribution in [3.05, 3.63) is 76.4 Å². The fourth-order valence-corrected chi connectivity index (χ4v) is 6.18. The van der Waals surface area contributed by atoms with Crippen molar-refractivity contribution in [2.45, 2.75) is 84.9 Å². The van der Waals surface area contributed by atoms with Crippen molar-refractivity contribution < 1.29 is 19.5 Å². The van der Waals surface area contributed by atoms with E-state index in [2.05, 4.69) is 16.4 Å². The maximum atomic E-state index is 13.8. The Morgan fingerprint density at radius 3 is 2.39 bits per heavy atom. The van der Waals surface area contributed by atoms with Crippen LogP contribution in [0.2, 0.25) is 0 Å². The van der Waals surface area contributed by atoms with Gasteiger partial charge in [0.15, 0.2) is 5.78 Å². The zero-order chi connectivity index (χ0) is 29.7. The highest BCUT2D eigenvalue weighted by molar-refractivity contribution is 7.13. The summed E-state index contributed by atoms with van der Waals surface area (Å²) in [5.41, 5.74) is 6.60. The Balaban J connectivity index is 1.38. The average Bonchev–Trinajstić information content (AvgIpc) is 3.54. The first-order valence-electron chi connectivity index (χ1n) is 14.3. The van der Waals surface area contributed by atoms with Crippen molar-refractivity contribution >= 4 is 28.9 Å². The third-order valence-corrected chi connectivity index (χ3v) is 8.67. The van der Waals surface area contributed by atoms with Gasteiger partial charge < -0.3 is 15.3 Å². The summed E-state index contributed by atoms with van der Waals surface area (Å²) in [6.07, 6.45) is 1.10. The van der Waals surface area contributed by atoms with E-state index in [9.17, 15) is 19.5 Å². The number of amides is 2. The second-order valence-electron chi connectivity index (χ2n) is 12.2. The third-order valence-electron chi connectivity index (χ3n) is 7.70. The van der Waals surface area contributed by atoms with Crippen LogP contribution >= 0.6 is 11.3 Å². The predicted octanol–water partition coefficient (Wildman–Crippen LogP) is 5.05. The lowest BCUT2D eigenvalue weighted by atomic mass is 9.85. The number of ketones is 1. The monoisotopic (exact) mass is 575 g/mol. The van der Waals surface area contributed by atoms with Gasteiger partial charge in [-0.15, -0.1) is 11.3 Å². The molecule has 2 aromatic carbocycles. The standard InChI is InChI=1S/C33H41N3O4S/c1-21-7-6-8-24(17-21)12-16-29(39)35-31(33(3,4)5)32(40)36-19-26(37)18-27(36)28(38)15-11-23-9-13-25(14-10-23)30-22(2)34-20-41-30/h6-10,13-14,17,20,26-27,31,37H,11-12,15-16,18-19H2,1-5H3,(H,35,39)/t26-,27+,31-/m1/s1. The van der Waals surface area contributed by atoms with Crippen LogP contribution in [-0.4, -0.2) is 57.3 Å². The maximum Gasteiger partial charge on any atom is 0.246 e. The Hall–Kier alpha value is -3.36. The first-order valence-corrected chi connectivity index (χ1v) is 15.2. The molecule has 0 aliphatic carbocycles. The quantitative estimate of drug-likeness (QED) is 0.352. The predicted molar refractivity (Wildman–Crippen MR) is 163 cm³/mol. The molecule has 41 heavy (non-hydrogen) atoms. The summed E-state index contributed by atoms with van der Waals surface area (Å²) in [5.74, 6) is -0.601. The molecule has 0 bridgehead atoms. The number of aliphatic hydroxyl groups is 1. The minimum atomic E-state index is -0.809. The van der Waals surface area contributed by atoms with Crippen LogP contribution in [0.4, 0.5) is 0 Å². The van der Waals surface area contributed by atoms with Crippen molar-refractivity contribution in [1.29, 1.82) is 0 Å². The molecule has 2 heterocycles. The summed E-state index contributed by atoms with van der Waals surface area (Å²) in [7, 11) is 0. The number of aliphatic hydroxyl groups excluding tert-OH is 1. The number of rotatable bonds is 10. The average molecular weight is 576 g/mol. The van der Waals surface area contributed by atoms with Gasteiger partial charge in [-0.05, 0) is 48.8 Å². The number of aromatic nitrogens is 1. The lowest BCUT2D eigenvalue weighted by molar-refractivity contribution is -0.143. The van der Waals surface area contributed by atoms with Crippen LogP contribution in [0.15, 0.2) is 54.0 Å². The van der Waals surface area contributed by atoms with Crippen molar-refractivity contribution in [2.24, 2.45) is 5.41 Å². The van der Waals surface area contributed by atoms with E-state index in [1.807, 2.05) is 82.6 Å². The topological polar surface area (TPSA) is 99.6 Å². The number of thiazole rings is 1. The van der Waals surface area contributed by atoms with Gasteiger partial charge in [0, 0.05) is 25.8 Å². The highest BCUT2D eigenvalue weighted by Gasteiger charge is 2.44. The molecular weight excluding hydrogens is 534 g/mol. The molecular formula is C33H41N3O4S. The SMILES string of the molecule is Cc1cccc(CCC(=O)N[C@H](C(=O)N2C[C@H](O)C[C@H]2C(=O)CCc2ccc(-c3scnc3C)cc2)C(C)(C)C)c1. The molecule has 2 amide bonds. The van der Waals surface area contributed by atoms with Gasteiger partial charge in [0.2, 0.25) is 11.8 Å². The number of hydrogen-bond acceptors (Lipinski definition) is 6. The molecule has 1 aliphatic heterocycles. The molecule has 8 heteroatoms. The van der Waals surface area contributed by atoms with Gasteiger partial charge >= 0.3 is 0 Å². The second kappa shape index (κ2) is 13.1. The molecule has 0 unspecified atom stereocenters. The molecule has 3 aromatic rings. The second-order valence-corrected chi connectivity index (χ2v) is 13.0. The lowest BCUT2D eigenvalue weighted by Gasteiger charge is -2.35.